The highest BCUT2D eigenvalue weighted by atomic mass is 16.3. The normalized spacial score (nSPS) is 40.3. The van der Waals surface area contributed by atoms with Gasteiger partial charge in [0.25, 0.3) is 0 Å². The average molecular weight is 358 g/mol. The molecule has 0 bridgehead atoms. The third-order valence-electron chi connectivity index (χ3n) is 7.32. The van der Waals surface area contributed by atoms with Gasteiger partial charge in [0.1, 0.15) is 6.61 Å². The molecular formula is C22H30O4. The van der Waals surface area contributed by atoms with Gasteiger partial charge in [0.05, 0.1) is 6.10 Å². The highest BCUT2D eigenvalue weighted by Gasteiger charge is 2.48. The van der Waals surface area contributed by atoms with Crippen LogP contribution in [0.15, 0.2) is 35.5 Å². The van der Waals surface area contributed by atoms with E-state index in [2.05, 4.69) is 13.8 Å². The first-order valence-electron chi connectivity index (χ1n) is 9.69. The maximum absolute atomic E-state index is 12.3. The standard InChI is InChI=1S/C22H30O4/c1-14-19(25)12-22(3)15(7-8-18(22)20(26)13-23)5-4-6-16-11-17(24)9-10-21(14,16)2/h8-11,14-15,19,23,25H,4-7,12-13H2,1-3H3/t14-,15-,19+,21-,22+/m1/s1. The van der Waals surface area contributed by atoms with Gasteiger partial charge >= 0.3 is 0 Å². The Labute approximate surface area is 155 Å². The van der Waals surface area contributed by atoms with Gasteiger partial charge in [-0.15, -0.1) is 0 Å². The molecule has 3 aliphatic carbocycles. The highest BCUT2D eigenvalue weighted by Crippen LogP contribution is 2.53. The molecule has 0 amide bonds. The van der Waals surface area contributed by atoms with Crippen molar-refractivity contribution in [2.45, 2.75) is 59.0 Å². The molecule has 0 aromatic rings. The van der Waals surface area contributed by atoms with E-state index in [0.717, 1.165) is 31.3 Å². The first kappa shape index (κ1) is 19.2. The smallest absolute Gasteiger partial charge is 0.184 e. The lowest BCUT2D eigenvalue weighted by molar-refractivity contribution is -0.119. The SMILES string of the molecule is C[C@@H]1[C@@H](O)C[C@]2(C)C(C(=O)CO)=CC[C@H]2CCCC2=CC(=O)C=C[C@@]21C. The number of carbonyl (C=O) groups excluding carboxylic acids is 2. The lowest BCUT2D eigenvalue weighted by Crippen LogP contribution is -2.42. The third-order valence-corrected chi connectivity index (χ3v) is 7.32. The number of ketones is 2. The van der Waals surface area contributed by atoms with Crippen LogP contribution in [0, 0.1) is 22.7 Å². The molecule has 0 heterocycles. The van der Waals surface area contributed by atoms with Crippen LogP contribution in [0.4, 0.5) is 0 Å². The molecule has 3 rings (SSSR count). The quantitative estimate of drug-likeness (QED) is 0.795. The topological polar surface area (TPSA) is 74.6 Å². The number of carbonyl (C=O) groups is 2. The minimum absolute atomic E-state index is 0.0272. The number of aliphatic hydroxyl groups is 2. The Hall–Kier alpha value is -1.52. The summed E-state index contributed by atoms with van der Waals surface area (Å²) < 4.78 is 0. The van der Waals surface area contributed by atoms with Crippen LogP contribution in [0.25, 0.3) is 0 Å². The van der Waals surface area contributed by atoms with E-state index < -0.39 is 18.1 Å². The molecule has 0 unspecified atom stereocenters. The fourth-order valence-electron chi connectivity index (χ4n) is 5.28. The number of hydrogen-bond donors (Lipinski definition) is 2. The fourth-order valence-corrected chi connectivity index (χ4v) is 5.28. The molecule has 3 aliphatic rings. The Morgan fingerprint density at radius 3 is 2.77 bits per heavy atom. The van der Waals surface area contributed by atoms with Gasteiger partial charge in [0.15, 0.2) is 11.6 Å². The fraction of sp³-hybridized carbons (Fsp3) is 0.636. The summed E-state index contributed by atoms with van der Waals surface area (Å²) in [4.78, 5) is 24.2. The summed E-state index contributed by atoms with van der Waals surface area (Å²) in [5, 5.41) is 20.5. The molecule has 0 spiro atoms. The van der Waals surface area contributed by atoms with Crippen LogP contribution >= 0.6 is 0 Å². The lowest BCUT2D eigenvalue weighted by atomic mass is 9.60. The van der Waals surface area contributed by atoms with Crippen LogP contribution in [-0.4, -0.2) is 34.5 Å². The largest absolute Gasteiger partial charge is 0.393 e. The predicted molar refractivity (Wildman–Crippen MR) is 100 cm³/mol. The van der Waals surface area contributed by atoms with Gasteiger partial charge in [-0.25, -0.2) is 0 Å². The summed E-state index contributed by atoms with van der Waals surface area (Å²) >= 11 is 0. The van der Waals surface area contributed by atoms with E-state index in [1.54, 1.807) is 12.2 Å². The van der Waals surface area contributed by atoms with E-state index in [-0.39, 0.29) is 28.8 Å². The number of aliphatic hydroxyl groups excluding tert-OH is 2. The van der Waals surface area contributed by atoms with Gasteiger partial charge in [-0.05, 0) is 61.7 Å². The van der Waals surface area contributed by atoms with Crippen molar-refractivity contribution in [1.82, 2.24) is 0 Å². The van der Waals surface area contributed by atoms with E-state index in [9.17, 15) is 19.8 Å². The van der Waals surface area contributed by atoms with E-state index in [0.29, 0.717) is 12.0 Å². The van der Waals surface area contributed by atoms with E-state index in [4.69, 9.17) is 0 Å². The van der Waals surface area contributed by atoms with Gasteiger partial charge < -0.3 is 10.2 Å². The zero-order valence-corrected chi connectivity index (χ0v) is 16.0. The number of hydrogen-bond acceptors (Lipinski definition) is 4. The molecule has 1 fully saturated rings. The van der Waals surface area contributed by atoms with Crippen molar-refractivity contribution in [3.63, 3.8) is 0 Å². The van der Waals surface area contributed by atoms with E-state index in [1.165, 1.54) is 0 Å². The van der Waals surface area contributed by atoms with Crippen molar-refractivity contribution >= 4 is 11.6 Å². The van der Waals surface area contributed by atoms with Crippen LogP contribution in [0.2, 0.25) is 0 Å². The first-order valence-corrected chi connectivity index (χ1v) is 9.69. The second kappa shape index (κ2) is 6.90. The maximum atomic E-state index is 12.3. The number of allylic oxidation sites excluding steroid dienone is 5. The molecule has 4 nitrogen and oxygen atoms in total. The summed E-state index contributed by atoms with van der Waals surface area (Å²) in [6.45, 7) is 5.72. The summed E-state index contributed by atoms with van der Waals surface area (Å²) in [5.74, 6) is 0.0238. The number of fused-ring (bicyclic) bond motifs is 2. The van der Waals surface area contributed by atoms with Crippen molar-refractivity contribution in [3.05, 3.63) is 35.5 Å². The molecule has 26 heavy (non-hydrogen) atoms. The zero-order valence-electron chi connectivity index (χ0n) is 16.0. The monoisotopic (exact) mass is 358 g/mol. The summed E-state index contributed by atoms with van der Waals surface area (Å²) in [6.07, 6.45) is 10.7. The first-order chi connectivity index (χ1) is 12.2. The minimum atomic E-state index is -0.597. The maximum Gasteiger partial charge on any atom is 0.184 e. The molecule has 0 aliphatic heterocycles. The van der Waals surface area contributed by atoms with Crippen molar-refractivity contribution in [1.29, 1.82) is 0 Å². The van der Waals surface area contributed by atoms with Crippen LogP contribution in [-0.2, 0) is 9.59 Å². The molecule has 2 N–H and O–H groups in total. The summed E-state index contributed by atoms with van der Waals surface area (Å²) in [5.41, 5.74) is 1.05. The van der Waals surface area contributed by atoms with Gasteiger partial charge in [-0.1, -0.05) is 38.5 Å². The summed E-state index contributed by atoms with van der Waals surface area (Å²) in [6, 6.07) is 0. The lowest BCUT2D eigenvalue weighted by Gasteiger charge is -2.45. The van der Waals surface area contributed by atoms with Crippen molar-refractivity contribution in [3.8, 4) is 0 Å². The van der Waals surface area contributed by atoms with Gasteiger partial charge in [-0.3, -0.25) is 9.59 Å². The molecule has 1 saturated carbocycles. The van der Waals surface area contributed by atoms with E-state index in [1.807, 2.05) is 19.1 Å². The Kier molecular flexibility index (Phi) is 5.11. The Morgan fingerprint density at radius 1 is 1.35 bits per heavy atom. The number of rotatable bonds is 2. The molecule has 0 saturated heterocycles. The third kappa shape index (κ3) is 3.03. The molecule has 5 atom stereocenters. The average Bonchev–Trinajstić information content (AvgIpc) is 2.92. The second-order valence-electron chi connectivity index (χ2n) is 8.69. The second-order valence-corrected chi connectivity index (χ2v) is 8.69. The molecule has 4 heteroatoms. The molecule has 0 aromatic carbocycles. The zero-order chi connectivity index (χ0) is 19.1. The van der Waals surface area contributed by atoms with Gasteiger partial charge in [-0.2, -0.15) is 0 Å². The van der Waals surface area contributed by atoms with Crippen LogP contribution in [0.5, 0.6) is 0 Å². The highest BCUT2D eigenvalue weighted by molar-refractivity contribution is 6.01. The number of Topliss-reactive ketones (excluding diaryl/α,β-unsaturated/α-hetero) is 1. The summed E-state index contributed by atoms with van der Waals surface area (Å²) in [7, 11) is 0. The Bertz CT molecular complexity index is 701. The van der Waals surface area contributed by atoms with Gasteiger partial charge in [0, 0.05) is 10.8 Å². The van der Waals surface area contributed by atoms with Crippen molar-refractivity contribution < 1.29 is 19.8 Å². The minimum Gasteiger partial charge on any atom is -0.393 e. The van der Waals surface area contributed by atoms with Crippen LogP contribution in [0.3, 0.4) is 0 Å². The van der Waals surface area contributed by atoms with E-state index >= 15 is 0 Å². The van der Waals surface area contributed by atoms with Crippen molar-refractivity contribution in [2.24, 2.45) is 22.7 Å². The Morgan fingerprint density at radius 2 is 2.08 bits per heavy atom. The Balaban J connectivity index is 1.96. The predicted octanol–water partition coefficient (Wildman–Crippen LogP) is 3.14. The molecule has 0 radical (unpaired) electrons. The van der Waals surface area contributed by atoms with Crippen molar-refractivity contribution in [2.75, 3.05) is 6.61 Å². The molecule has 0 aromatic heterocycles. The van der Waals surface area contributed by atoms with Crippen LogP contribution in [0.1, 0.15) is 52.9 Å². The van der Waals surface area contributed by atoms with Crippen LogP contribution < -0.4 is 0 Å². The van der Waals surface area contributed by atoms with Gasteiger partial charge in [0.2, 0.25) is 0 Å². The molecular weight excluding hydrogens is 328 g/mol. The molecule has 142 valence electrons.